The van der Waals surface area contributed by atoms with Crippen LogP contribution >= 0.6 is 0 Å². The molecule has 0 spiro atoms. The van der Waals surface area contributed by atoms with Crippen LogP contribution < -0.4 is 4.90 Å². The Hall–Kier alpha value is -6.38. The molecule has 0 unspecified atom stereocenters. The van der Waals surface area contributed by atoms with Crippen LogP contribution in [0.5, 0.6) is 0 Å². The van der Waals surface area contributed by atoms with Crippen molar-refractivity contribution in [2.75, 3.05) is 11.4 Å². The summed E-state index contributed by atoms with van der Waals surface area (Å²) in [6.07, 6.45) is 9.71. The van der Waals surface area contributed by atoms with Crippen LogP contribution in [0.2, 0.25) is 0 Å². The van der Waals surface area contributed by atoms with Gasteiger partial charge in [-0.3, -0.25) is 0 Å². The van der Waals surface area contributed by atoms with Gasteiger partial charge in [0, 0.05) is 34.4 Å². The summed E-state index contributed by atoms with van der Waals surface area (Å²) in [7, 11) is 0. The Kier molecular flexibility index (Phi) is 7.68. The average molecular weight is 641 g/mol. The largest absolute Gasteiger partial charge is 0.337 e. The predicted octanol–water partition coefficient (Wildman–Crippen LogP) is 12.6. The van der Waals surface area contributed by atoms with Crippen LogP contribution in [0, 0.1) is 0 Å². The van der Waals surface area contributed by atoms with Gasteiger partial charge in [0.05, 0.1) is 11.0 Å². The predicted molar refractivity (Wildman–Crippen MR) is 213 cm³/mol. The molecule has 50 heavy (non-hydrogen) atoms. The molecule has 1 aliphatic heterocycles. The molecule has 0 atom stereocenters. The molecule has 9 rings (SSSR count). The molecule has 0 amide bonds. The normalized spacial score (nSPS) is 12.8. The van der Waals surface area contributed by atoms with Crippen molar-refractivity contribution in [3.63, 3.8) is 0 Å². The van der Waals surface area contributed by atoms with E-state index in [1.54, 1.807) is 0 Å². The highest BCUT2D eigenvalue weighted by Crippen LogP contribution is 2.38. The van der Waals surface area contributed by atoms with Gasteiger partial charge in [0.2, 0.25) is 0 Å². The highest BCUT2D eigenvalue weighted by Gasteiger charge is 2.17. The Labute approximate surface area is 293 Å². The molecule has 238 valence electrons. The van der Waals surface area contributed by atoms with E-state index in [0.29, 0.717) is 0 Å². The summed E-state index contributed by atoms with van der Waals surface area (Å²) in [4.78, 5) is 2.43. The summed E-state index contributed by atoms with van der Waals surface area (Å²) >= 11 is 0. The second-order valence-electron chi connectivity index (χ2n) is 12.9. The molecule has 2 heteroatoms. The topological polar surface area (TPSA) is 8.17 Å². The number of rotatable bonds is 5. The average Bonchev–Trinajstić information content (AvgIpc) is 3.57. The Bertz CT molecular complexity index is 2500. The Morgan fingerprint density at radius 2 is 0.920 bits per heavy atom. The minimum atomic E-state index is 0.805. The Balaban J connectivity index is 1.09. The molecule has 0 N–H and O–H groups in total. The third-order valence-electron chi connectivity index (χ3n) is 9.90. The van der Waals surface area contributed by atoms with Crippen LogP contribution in [0.4, 0.5) is 11.4 Å². The van der Waals surface area contributed by atoms with Gasteiger partial charge in [-0.15, -0.1) is 0 Å². The number of hydrogen-bond donors (Lipinski definition) is 0. The first-order valence-corrected chi connectivity index (χ1v) is 17.4. The van der Waals surface area contributed by atoms with Crippen molar-refractivity contribution in [2.45, 2.75) is 6.42 Å². The Morgan fingerprint density at radius 3 is 1.64 bits per heavy atom. The van der Waals surface area contributed by atoms with Crippen molar-refractivity contribution >= 4 is 33.2 Å². The number of aromatic nitrogens is 1. The zero-order chi connectivity index (χ0) is 33.3. The van der Waals surface area contributed by atoms with Crippen LogP contribution in [0.25, 0.3) is 60.9 Å². The zero-order valence-corrected chi connectivity index (χ0v) is 27.8. The first-order chi connectivity index (χ1) is 24.8. The lowest BCUT2D eigenvalue weighted by atomic mass is 9.97. The third kappa shape index (κ3) is 5.51. The maximum Gasteiger partial charge on any atom is 0.0541 e. The molecule has 7 aromatic carbocycles. The van der Waals surface area contributed by atoms with Crippen LogP contribution in [-0.4, -0.2) is 11.1 Å². The molecule has 2 nitrogen and oxygen atoms in total. The van der Waals surface area contributed by atoms with Crippen LogP contribution in [0.1, 0.15) is 5.56 Å². The quantitative estimate of drug-likeness (QED) is 0.182. The van der Waals surface area contributed by atoms with Gasteiger partial charge >= 0.3 is 0 Å². The van der Waals surface area contributed by atoms with Crippen molar-refractivity contribution in [3.8, 4) is 39.1 Å². The van der Waals surface area contributed by atoms with Crippen molar-refractivity contribution in [1.82, 2.24) is 4.57 Å². The summed E-state index contributed by atoms with van der Waals surface area (Å²) < 4.78 is 2.39. The molecule has 0 fully saturated rings. The second kappa shape index (κ2) is 12.9. The smallest absolute Gasteiger partial charge is 0.0541 e. The van der Waals surface area contributed by atoms with Crippen LogP contribution in [0.3, 0.4) is 0 Å². The first-order valence-electron chi connectivity index (χ1n) is 17.4. The zero-order valence-electron chi connectivity index (χ0n) is 27.8. The molecular formula is C48H36N2. The highest BCUT2D eigenvalue weighted by molar-refractivity contribution is 6.10. The number of benzene rings is 7. The minimum absolute atomic E-state index is 0.805. The molecule has 1 aromatic heterocycles. The lowest BCUT2D eigenvalue weighted by Crippen LogP contribution is -2.18. The van der Waals surface area contributed by atoms with E-state index in [0.717, 1.165) is 18.7 Å². The maximum absolute atomic E-state index is 2.43. The van der Waals surface area contributed by atoms with E-state index >= 15 is 0 Å². The van der Waals surface area contributed by atoms with Crippen LogP contribution in [-0.2, 0) is 6.42 Å². The Morgan fingerprint density at radius 1 is 0.380 bits per heavy atom. The molecule has 0 saturated heterocycles. The molecule has 1 aliphatic rings. The molecule has 0 bridgehead atoms. The molecule has 2 heterocycles. The van der Waals surface area contributed by atoms with Gasteiger partial charge in [-0.1, -0.05) is 140 Å². The van der Waals surface area contributed by atoms with E-state index < -0.39 is 0 Å². The fourth-order valence-electron chi connectivity index (χ4n) is 7.38. The van der Waals surface area contributed by atoms with Gasteiger partial charge in [0.25, 0.3) is 0 Å². The number of allylic oxidation sites excluding steroid dienone is 3. The highest BCUT2D eigenvalue weighted by atomic mass is 15.1. The lowest BCUT2D eigenvalue weighted by molar-refractivity contribution is 1.07. The van der Waals surface area contributed by atoms with E-state index in [4.69, 9.17) is 0 Å². The summed E-state index contributed by atoms with van der Waals surface area (Å²) in [5, 5.41) is 2.52. The van der Waals surface area contributed by atoms with Crippen molar-refractivity contribution in [3.05, 3.63) is 200 Å². The fraction of sp³-hybridized carbons (Fsp3) is 0.0417. The molecule has 8 aromatic rings. The van der Waals surface area contributed by atoms with Gasteiger partial charge in [-0.2, -0.15) is 0 Å². The third-order valence-corrected chi connectivity index (χ3v) is 9.90. The fourth-order valence-corrected chi connectivity index (χ4v) is 7.38. The van der Waals surface area contributed by atoms with Crippen molar-refractivity contribution in [1.29, 1.82) is 0 Å². The minimum Gasteiger partial charge on any atom is -0.337 e. The van der Waals surface area contributed by atoms with Gasteiger partial charge in [0.15, 0.2) is 0 Å². The first kappa shape index (κ1) is 29.7. The lowest BCUT2D eigenvalue weighted by Gasteiger charge is -2.27. The van der Waals surface area contributed by atoms with Crippen molar-refractivity contribution in [2.24, 2.45) is 0 Å². The summed E-state index contributed by atoms with van der Waals surface area (Å²) in [6, 6.07) is 61.8. The van der Waals surface area contributed by atoms with Gasteiger partial charge in [-0.25, -0.2) is 0 Å². The summed E-state index contributed by atoms with van der Waals surface area (Å²) in [5.74, 6) is 0. The number of fused-ring (bicyclic) bond motifs is 4. The van der Waals surface area contributed by atoms with Gasteiger partial charge < -0.3 is 9.47 Å². The number of para-hydroxylation sites is 1. The maximum atomic E-state index is 2.43. The molecule has 0 radical (unpaired) electrons. The molecule has 0 saturated carbocycles. The summed E-state index contributed by atoms with van der Waals surface area (Å²) in [5.41, 5.74) is 14.7. The molecule has 0 aliphatic carbocycles. The SMILES string of the molecule is C1=CCc2cc(-c3ccc4c(c3)c3ccccc3n4-c3ccc(-c4ccccc4)cc3)ccc2N(c2ccc(-c3ccccc3)cc2)CC=C1. The second-order valence-corrected chi connectivity index (χ2v) is 12.9. The van der Waals surface area contributed by atoms with Gasteiger partial charge in [-0.05, 0) is 100.0 Å². The van der Waals surface area contributed by atoms with Crippen molar-refractivity contribution < 1.29 is 0 Å². The van der Waals surface area contributed by atoms with E-state index in [1.165, 1.54) is 72.1 Å². The monoisotopic (exact) mass is 640 g/mol. The van der Waals surface area contributed by atoms with E-state index in [1.807, 2.05) is 0 Å². The van der Waals surface area contributed by atoms with E-state index in [9.17, 15) is 0 Å². The standard InChI is InChI=1S/C48H36N2/c1-2-12-32-49(42-26-20-37(21-27-42)35-13-6-3-7-14-35)46-30-24-39(33-41(46)17-5-1)40-25-31-48-45(34-40)44-18-10-11-19-47(44)50(48)43-28-22-38(23-29-43)36-15-8-4-9-16-36/h1-16,18-31,33-34H,17,32H2. The summed E-state index contributed by atoms with van der Waals surface area (Å²) in [6.45, 7) is 0.805. The van der Waals surface area contributed by atoms with Crippen LogP contribution in [0.15, 0.2) is 194 Å². The van der Waals surface area contributed by atoms with Gasteiger partial charge in [0.1, 0.15) is 0 Å². The van der Waals surface area contributed by atoms with E-state index in [2.05, 4.69) is 204 Å². The molecular weight excluding hydrogens is 605 g/mol. The van der Waals surface area contributed by atoms with E-state index in [-0.39, 0.29) is 0 Å². The number of nitrogens with zero attached hydrogens (tertiary/aromatic N) is 2. The number of anilines is 2. The number of hydrogen-bond acceptors (Lipinski definition) is 1.